The Morgan fingerprint density at radius 2 is 0.667 bits per heavy atom. The quantitative estimate of drug-likeness (QED) is 0.0662. The number of methoxy groups -OCH3 is 2. The molecule has 0 aromatic heterocycles. The maximum absolute atomic E-state index is 14.1. The van der Waals surface area contributed by atoms with Crippen LogP contribution in [0.2, 0.25) is 0 Å². The second-order valence-electron chi connectivity index (χ2n) is 16.5. The zero-order valence-electron chi connectivity index (χ0n) is 36.8. The Morgan fingerprint density at radius 3 is 1.03 bits per heavy atom. The van der Waals surface area contributed by atoms with Gasteiger partial charge < -0.3 is 33.2 Å². The summed E-state index contributed by atoms with van der Waals surface area (Å²) < 4.78 is 36.6. The lowest BCUT2D eigenvalue weighted by Crippen LogP contribution is -2.22. The maximum atomic E-state index is 14.1. The summed E-state index contributed by atoms with van der Waals surface area (Å²) in [5.41, 5.74) is 5.30. The van der Waals surface area contributed by atoms with Crippen molar-refractivity contribution in [2.75, 3.05) is 14.2 Å². The van der Waals surface area contributed by atoms with Crippen molar-refractivity contribution in [2.45, 2.75) is 64.7 Å². The Hall–Kier alpha value is -7.40. The lowest BCUT2D eigenvalue weighted by molar-refractivity contribution is 0.0730. The van der Waals surface area contributed by atoms with Crippen LogP contribution in [0.1, 0.15) is 90.8 Å². The van der Waals surface area contributed by atoms with Gasteiger partial charge in [-0.1, -0.05) is 126 Å². The zero-order chi connectivity index (χ0) is 45.5. The van der Waals surface area contributed by atoms with E-state index in [-0.39, 0.29) is 22.8 Å². The molecule has 0 saturated heterocycles. The number of aryl methyl sites for hydroxylation is 1. The maximum Gasteiger partial charge on any atom is 0.519 e. The van der Waals surface area contributed by atoms with Gasteiger partial charge in [-0.3, -0.25) is 0 Å². The molecular weight excluding hydrogens is 801 g/mol. The first-order chi connectivity index (χ1) is 29.9. The summed E-state index contributed by atoms with van der Waals surface area (Å²) in [7, 11) is 2.49. The minimum Gasteiger partial charge on any atom is -0.437 e. The van der Waals surface area contributed by atoms with Crippen molar-refractivity contribution in [3.8, 4) is 28.7 Å². The molecule has 0 N–H and O–H groups in total. The molecule has 0 spiro atoms. The highest BCUT2D eigenvalue weighted by molar-refractivity contribution is 5.95. The summed E-state index contributed by atoms with van der Waals surface area (Å²) in [5.74, 6) is 0.459. The standard InChI is InChI=1S/C52H50O11/c1-33-10-12-34(13-11-33)52(6,7)39-22-31-45(63-49(56)62-43-29-20-38(21-30-43)51(4,5)37-18-27-42(28-19-37)61-48(55)58-9)44(32-39)46(53)59-40-23-14-35(15-24-40)50(2,3)36-16-25-41(26-17-36)60-47(54)57-8/h10-32H,1-9H3. The Kier molecular flexibility index (Phi) is 13.4. The van der Waals surface area contributed by atoms with Gasteiger partial charge in [0.15, 0.2) is 0 Å². The Morgan fingerprint density at radius 1 is 0.365 bits per heavy atom. The third-order valence-electron chi connectivity index (χ3n) is 11.3. The van der Waals surface area contributed by atoms with E-state index < -0.39 is 40.7 Å². The molecule has 0 unspecified atom stereocenters. The largest absolute Gasteiger partial charge is 0.519 e. The highest BCUT2D eigenvalue weighted by Gasteiger charge is 2.29. The predicted molar refractivity (Wildman–Crippen MR) is 237 cm³/mol. The van der Waals surface area contributed by atoms with Crippen LogP contribution < -0.4 is 23.7 Å². The lowest BCUT2D eigenvalue weighted by Gasteiger charge is -2.27. The van der Waals surface area contributed by atoms with Gasteiger partial charge in [-0.2, -0.15) is 0 Å². The number of rotatable bonds is 12. The van der Waals surface area contributed by atoms with Gasteiger partial charge in [0, 0.05) is 16.2 Å². The van der Waals surface area contributed by atoms with Gasteiger partial charge in [0.1, 0.15) is 34.3 Å². The zero-order valence-corrected chi connectivity index (χ0v) is 36.8. The molecule has 0 saturated carbocycles. The second kappa shape index (κ2) is 18.7. The van der Waals surface area contributed by atoms with Crippen molar-refractivity contribution < 1.29 is 52.3 Å². The molecule has 0 amide bonds. The van der Waals surface area contributed by atoms with Gasteiger partial charge in [-0.05, 0) is 101 Å². The normalized spacial score (nSPS) is 11.5. The van der Waals surface area contributed by atoms with Crippen molar-refractivity contribution in [1.82, 2.24) is 0 Å². The minimum absolute atomic E-state index is 0.0309. The number of hydrogen-bond donors (Lipinski definition) is 0. The van der Waals surface area contributed by atoms with Gasteiger partial charge in [-0.25, -0.2) is 19.2 Å². The molecule has 0 aliphatic heterocycles. The first-order valence-electron chi connectivity index (χ1n) is 20.2. The van der Waals surface area contributed by atoms with Crippen LogP contribution in [0.4, 0.5) is 14.4 Å². The fourth-order valence-electron chi connectivity index (χ4n) is 7.04. The molecule has 6 rings (SSSR count). The molecule has 6 aromatic rings. The molecule has 11 heteroatoms. The fraction of sp³-hybridized carbons (Fsp3) is 0.231. The molecule has 0 bridgehead atoms. The molecule has 0 aliphatic rings. The van der Waals surface area contributed by atoms with E-state index in [1.54, 1.807) is 60.7 Å². The van der Waals surface area contributed by atoms with Crippen molar-refractivity contribution in [2.24, 2.45) is 0 Å². The van der Waals surface area contributed by atoms with E-state index in [0.717, 1.165) is 38.9 Å². The van der Waals surface area contributed by atoms with Crippen molar-refractivity contribution >= 4 is 24.4 Å². The SMILES string of the molecule is COC(=O)Oc1ccc(C(C)(C)c2ccc(OC(=O)Oc3ccc(C(C)(C)c4ccc(C)cc4)cc3C(=O)Oc3ccc(C(C)(C)c4ccc(OC(=O)OC)cc4)cc3)cc2)cc1. The average Bonchev–Trinajstić information content (AvgIpc) is 3.27. The third-order valence-corrected chi connectivity index (χ3v) is 11.3. The van der Waals surface area contributed by atoms with Crippen molar-refractivity contribution in [3.05, 3.63) is 184 Å². The number of hydrogen-bond acceptors (Lipinski definition) is 11. The molecule has 0 radical (unpaired) electrons. The van der Waals surface area contributed by atoms with Crippen LogP contribution in [0.15, 0.2) is 140 Å². The molecule has 0 fully saturated rings. The van der Waals surface area contributed by atoms with E-state index in [4.69, 9.17) is 23.7 Å². The van der Waals surface area contributed by atoms with Gasteiger partial charge in [0.2, 0.25) is 0 Å². The molecule has 324 valence electrons. The van der Waals surface area contributed by atoms with Gasteiger partial charge >= 0.3 is 24.4 Å². The number of benzene rings is 6. The number of ether oxygens (including phenoxy) is 7. The number of carbonyl (C=O) groups excluding carboxylic acids is 4. The Labute approximate surface area is 367 Å². The van der Waals surface area contributed by atoms with E-state index in [9.17, 15) is 19.2 Å². The summed E-state index contributed by atoms with van der Waals surface area (Å²) in [6.45, 7) is 14.3. The van der Waals surface area contributed by atoms with Crippen molar-refractivity contribution in [1.29, 1.82) is 0 Å². The first kappa shape index (κ1) is 45.1. The summed E-state index contributed by atoms with van der Waals surface area (Å²) >= 11 is 0. The van der Waals surface area contributed by atoms with Crippen LogP contribution in [-0.4, -0.2) is 38.7 Å². The topological polar surface area (TPSA) is 133 Å². The molecular formula is C52H50O11. The van der Waals surface area contributed by atoms with Gasteiger partial charge in [0.25, 0.3) is 0 Å². The molecule has 63 heavy (non-hydrogen) atoms. The molecule has 11 nitrogen and oxygen atoms in total. The predicted octanol–water partition coefficient (Wildman–Crippen LogP) is 12.1. The third kappa shape index (κ3) is 10.6. The van der Waals surface area contributed by atoms with Crippen LogP contribution >= 0.6 is 0 Å². The van der Waals surface area contributed by atoms with E-state index in [0.29, 0.717) is 11.5 Å². The Bertz CT molecular complexity index is 2570. The van der Waals surface area contributed by atoms with Crippen molar-refractivity contribution in [3.63, 3.8) is 0 Å². The van der Waals surface area contributed by atoms with Crippen LogP contribution in [0.25, 0.3) is 0 Å². The molecule has 0 aliphatic carbocycles. The first-order valence-corrected chi connectivity index (χ1v) is 20.2. The van der Waals surface area contributed by atoms with Crippen LogP contribution in [0.3, 0.4) is 0 Å². The summed E-state index contributed by atoms with van der Waals surface area (Å²) in [6.07, 6.45) is -2.64. The second-order valence-corrected chi connectivity index (χ2v) is 16.5. The van der Waals surface area contributed by atoms with Gasteiger partial charge in [-0.15, -0.1) is 0 Å². The highest BCUT2D eigenvalue weighted by atomic mass is 16.7. The van der Waals surface area contributed by atoms with Crippen LogP contribution in [0, 0.1) is 6.92 Å². The van der Waals surface area contributed by atoms with Gasteiger partial charge in [0.05, 0.1) is 14.2 Å². The smallest absolute Gasteiger partial charge is 0.437 e. The average molecular weight is 851 g/mol. The van der Waals surface area contributed by atoms with Crippen LogP contribution in [-0.2, 0) is 25.7 Å². The summed E-state index contributed by atoms with van der Waals surface area (Å²) in [4.78, 5) is 50.4. The monoisotopic (exact) mass is 850 g/mol. The minimum atomic E-state index is -1.04. The fourth-order valence-corrected chi connectivity index (χ4v) is 7.04. The Balaban J connectivity index is 1.20. The summed E-state index contributed by atoms with van der Waals surface area (Å²) in [5, 5.41) is 0. The molecule has 6 aromatic carbocycles. The van der Waals surface area contributed by atoms with E-state index >= 15 is 0 Å². The van der Waals surface area contributed by atoms with Crippen LogP contribution in [0.5, 0.6) is 28.7 Å². The van der Waals surface area contributed by atoms with E-state index in [2.05, 4.69) is 37.2 Å². The molecule has 0 atom stereocenters. The molecule has 0 heterocycles. The lowest BCUT2D eigenvalue weighted by atomic mass is 9.77. The highest BCUT2D eigenvalue weighted by Crippen LogP contribution is 2.37. The number of esters is 1. The summed E-state index contributed by atoms with van der Waals surface area (Å²) in [6, 6.07) is 41.6. The van der Waals surface area contributed by atoms with E-state index in [1.165, 1.54) is 14.2 Å². The van der Waals surface area contributed by atoms with E-state index in [1.807, 2.05) is 99.6 Å². The number of carbonyl (C=O) groups is 4.